The molecule has 3 atom stereocenters. The van der Waals surface area contributed by atoms with E-state index in [9.17, 15) is 4.79 Å². The molecular weight excluding hydrogens is 290 g/mol. The number of carbonyl (C=O) groups is 1. The van der Waals surface area contributed by atoms with E-state index in [4.69, 9.17) is 9.47 Å². The smallest absolute Gasteiger partial charge is 0.224 e. The van der Waals surface area contributed by atoms with Gasteiger partial charge in [0.1, 0.15) is 5.75 Å². The number of hydrogen-bond acceptors (Lipinski definition) is 3. The number of ether oxygens (including phenoxy) is 2. The lowest BCUT2D eigenvalue weighted by Crippen LogP contribution is -2.36. The second kappa shape index (κ2) is 5.23. The minimum Gasteiger partial charge on any atom is -0.493 e. The lowest BCUT2D eigenvalue weighted by molar-refractivity contribution is -0.123. The second-order valence-electron chi connectivity index (χ2n) is 7.79. The van der Waals surface area contributed by atoms with Gasteiger partial charge in [0.15, 0.2) is 0 Å². The molecule has 2 heterocycles. The van der Waals surface area contributed by atoms with E-state index in [-0.39, 0.29) is 28.9 Å². The number of nitrogens with one attached hydrogen (secondary N) is 1. The molecule has 4 rings (SSSR count). The Morgan fingerprint density at radius 1 is 1.30 bits per heavy atom. The zero-order valence-electron chi connectivity index (χ0n) is 13.9. The summed E-state index contributed by atoms with van der Waals surface area (Å²) in [4.78, 5) is 12.6. The van der Waals surface area contributed by atoms with Crippen LogP contribution in [0.5, 0.6) is 5.75 Å². The topological polar surface area (TPSA) is 47.6 Å². The third-order valence-electron chi connectivity index (χ3n) is 5.68. The summed E-state index contributed by atoms with van der Waals surface area (Å²) in [7, 11) is 0. The van der Waals surface area contributed by atoms with Crippen LogP contribution in [0, 0.1) is 5.92 Å². The Balaban J connectivity index is 1.39. The quantitative estimate of drug-likeness (QED) is 0.933. The highest BCUT2D eigenvalue weighted by molar-refractivity contribution is 5.84. The summed E-state index contributed by atoms with van der Waals surface area (Å²) in [5.41, 5.74) is 1.18. The van der Waals surface area contributed by atoms with Gasteiger partial charge in [-0.2, -0.15) is 0 Å². The Morgan fingerprint density at radius 3 is 2.91 bits per heavy atom. The summed E-state index contributed by atoms with van der Waals surface area (Å²) >= 11 is 0. The average molecular weight is 315 g/mol. The van der Waals surface area contributed by atoms with Crippen molar-refractivity contribution < 1.29 is 14.3 Å². The van der Waals surface area contributed by atoms with E-state index in [2.05, 4.69) is 25.2 Å². The fourth-order valence-corrected chi connectivity index (χ4v) is 4.26. The molecule has 1 N–H and O–H groups in total. The second-order valence-corrected chi connectivity index (χ2v) is 7.79. The maximum Gasteiger partial charge on any atom is 0.224 e. The van der Waals surface area contributed by atoms with Crippen molar-refractivity contribution in [3.8, 4) is 5.75 Å². The SMILES string of the molecule is CC1(C)CCC(CNC(=O)[C@@H]2C[C@]23CCOc2ccccc23)O1. The van der Waals surface area contributed by atoms with Gasteiger partial charge in [-0.05, 0) is 45.6 Å². The van der Waals surface area contributed by atoms with Crippen molar-refractivity contribution in [3.63, 3.8) is 0 Å². The lowest BCUT2D eigenvalue weighted by Gasteiger charge is -2.26. The highest BCUT2D eigenvalue weighted by Crippen LogP contribution is 2.60. The molecule has 23 heavy (non-hydrogen) atoms. The van der Waals surface area contributed by atoms with Crippen molar-refractivity contribution in [1.82, 2.24) is 5.32 Å². The standard InChI is InChI=1S/C19H25NO3/c1-18(2)8-7-13(23-18)12-20-17(21)15-11-19(15)9-10-22-16-6-4-3-5-14(16)19/h3-6,13,15H,7-12H2,1-2H3,(H,20,21)/t13?,15-,19-/m0/s1. The number of benzene rings is 1. The molecule has 1 amide bonds. The van der Waals surface area contributed by atoms with Crippen LogP contribution in [0.4, 0.5) is 0 Å². The van der Waals surface area contributed by atoms with Gasteiger partial charge < -0.3 is 14.8 Å². The van der Waals surface area contributed by atoms with E-state index in [1.54, 1.807) is 0 Å². The van der Waals surface area contributed by atoms with Crippen LogP contribution in [-0.4, -0.2) is 30.8 Å². The molecule has 3 aliphatic rings. The number of carbonyl (C=O) groups excluding carboxylic acids is 1. The van der Waals surface area contributed by atoms with E-state index in [0.29, 0.717) is 13.2 Å². The number of rotatable bonds is 3. The third-order valence-corrected chi connectivity index (χ3v) is 5.68. The number of hydrogen-bond donors (Lipinski definition) is 1. The predicted octanol–water partition coefficient (Wildman–Crippen LogP) is 2.80. The van der Waals surface area contributed by atoms with Crippen molar-refractivity contribution in [2.24, 2.45) is 5.92 Å². The van der Waals surface area contributed by atoms with Crippen molar-refractivity contribution in [3.05, 3.63) is 29.8 Å². The van der Waals surface area contributed by atoms with Crippen molar-refractivity contribution in [2.75, 3.05) is 13.2 Å². The normalized spacial score (nSPS) is 33.8. The van der Waals surface area contributed by atoms with Gasteiger partial charge in [-0.1, -0.05) is 18.2 Å². The van der Waals surface area contributed by atoms with Crippen LogP contribution in [0.25, 0.3) is 0 Å². The van der Waals surface area contributed by atoms with Crippen LogP contribution in [0.1, 0.15) is 45.1 Å². The molecule has 0 bridgehead atoms. The first-order valence-corrected chi connectivity index (χ1v) is 8.68. The van der Waals surface area contributed by atoms with E-state index < -0.39 is 0 Å². The van der Waals surface area contributed by atoms with Crippen molar-refractivity contribution >= 4 is 5.91 Å². The van der Waals surface area contributed by atoms with Crippen LogP contribution in [0.3, 0.4) is 0 Å². The predicted molar refractivity (Wildman–Crippen MR) is 87.5 cm³/mol. The molecular formula is C19H25NO3. The van der Waals surface area contributed by atoms with Gasteiger partial charge in [0.25, 0.3) is 0 Å². The monoisotopic (exact) mass is 315 g/mol. The summed E-state index contributed by atoms with van der Waals surface area (Å²) < 4.78 is 11.7. The molecule has 1 saturated carbocycles. The number of amides is 1. The molecule has 1 unspecified atom stereocenters. The Hall–Kier alpha value is -1.55. The Bertz CT molecular complexity index is 627. The summed E-state index contributed by atoms with van der Waals surface area (Å²) in [5, 5.41) is 3.12. The van der Waals surface area contributed by atoms with Crippen LogP contribution >= 0.6 is 0 Å². The fourth-order valence-electron chi connectivity index (χ4n) is 4.26. The summed E-state index contributed by atoms with van der Waals surface area (Å²) in [6, 6.07) is 8.16. The van der Waals surface area contributed by atoms with E-state index in [1.165, 1.54) is 5.56 Å². The Morgan fingerprint density at radius 2 is 2.13 bits per heavy atom. The van der Waals surface area contributed by atoms with Crippen LogP contribution in [-0.2, 0) is 14.9 Å². The molecule has 4 heteroatoms. The van der Waals surface area contributed by atoms with Gasteiger partial charge in [-0.3, -0.25) is 4.79 Å². The van der Waals surface area contributed by atoms with Gasteiger partial charge >= 0.3 is 0 Å². The summed E-state index contributed by atoms with van der Waals surface area (Å²) in [6.45, 7) is 5.57. The van der Waals surface area contributed by atoms with Crippen molar-refractivity contribution in [2.45, 2.75) is 56.7 Å². The molecule has 1 spiro atoms. The molecule has 2 aliphatic heterocycles. The molecule has 124 valence electrons. The van der Waals surface area contributed by atoms with Gasteiger partial charge in [-0.15, -0.1) is 0 Å². The third kappa shape index (κ3) is 2.63. The molecule has 1 aromatic rings. The maximum atomic E-state index is 12.6. The van der Waals surface area contributed by atoms with Gasteiger partial charge in [-0.25, -0.2) is 0 Å². The fraction of sp³-hybridized carbons (Fsp3) is 0.632. The first-order valence-electron chi connectivity index (χ1n) is 8.68. The Labute approximate surface area is 137 Å². The zero-order chi connectivity index (χ0) is 16.1. The minimum absolute atomic E-state index is 0.00866. The molecule has 1 aromatic carbocycles. The molecule has 1 saturated heterocycles. The van der Waals surface area contributed by atoms with Crippen LogP contribution in [0.15, 0.2) is 24.3 Å². The lowest BCUT2D eigenvalue weighted by atomic mass is 9.87. The zero-order valence-corrected chi connectivity index (χ0v) is 13.9. The van der Waals surface area contributed by atoms with E-state index >= 15 is 0 Å². The van der Waals surface area contributed by atoms with Crippen molar-refractivity contribution in [1.29, 1.82) is 0 Å². The summed E-state index contributed by atoms with van der Waals surface area (Å²) in [5.74, 6) is 1.21. The maximum absolute atomic E-state index is 12.6. The first kappa shape index (κ1) is 15.0. The molecule has 2 fully saturated rings. The molecule has 4 nitrogen and oxygen atoms in total. The number of para-hydroxylation sites is 1. The minimum atomic E-state index is -0.0458. The van der Waals surface area contributed by atoms with E-state index in [1.807, 2.05) is 18.2 Å². The largest absolute Gasteiger partial charge is 0.493 e. The first-order chi connectivity index (χ1) is 11.0. The van der Waals surface area contributed by atoms with E-state index in [0.717, 1.165) is 31.4 Å². The van der Waals surface area contributed by atoms with Gasteiger partial charge in [0.2, 0.25) is 5.91 Å². The van der Waals surface area contributed by atoms with Gasteiger partial charge in [0.05, 0.1) is 18.3 Å². The van der Waals surface area contributed by atoms with Crippen LogP contribution in [0.2, 0.25) is 0 Å². The Kier molecular flexibility index (Phi) is 3.41. The average Bonchev–Trinajstić information content (AvgIpc) is 3.14. The highest BCUT2D eigenvalue weighted by Gasteiger charge is 2.60. The molecule has 1 aliphatic carbocycles. The molecule has 0 aromatic heterocycles. The number of fused-ring (bicyclic) bond motifs is 2. The summed E-state index contributed by atoms with van der Waals surface area (Å²) in [6.07, 6.45) is 4.13. The highest BCUT2D eigenvalue weighted by atomic mass is 16.5. The van der Waals surface area contributed by atoms with Gasteiger partial charge in [0, 0.05) is 23.4 Å². The molecule has 0 radical (unpaired) electrons. The van der Waals surface area contributed by atoms with Crippen LogP contribution < -0.4 is 10.1 Å².